The Kier molecular flexibility index (Phi) is 3.70. The first-order chi connectivity index (χ1) is 8.10. The summed E-state index contributed by atoms with van der Waals surface area (Å²) in [7, 11) is 0. The quantitative estimate of drug-likeness (QED) is 0.773. The zero-order valence-electron chi connectivity index (χ0n) is 9.57. The number of hydrogen-bond donors (Lipinski definition) is 0. The molecule has 86 valence electrons. The second-order valence-corrected chi connectivity index (χ2v) is 6.46. The van der Waals surface area contributed by atoms with Crippen LogP contribution in [-0.4, -0.2) is 10.2 Å². The summed E-state index contributed by atoms with van der Waals surface area (Å²) in [5.41, 5.74) is 1.55. The SMILES string of the molecule is CC(C)Sc1cc(C#N)c2cc(Br)ccc2n1. The molecular weight excluding hydrogens is 296 g/mol. The van der Waals surface area contributed by atoms with Crippen molar-refractivity contribution >= 4 is 38.6 Å². The van der Waals surface area contributed by atoms with Gasteiger partial charge in [-0.1, -0.05) is 29.8 Å². The number of pyridine rings is 1. The third-order valence-corrected chi connectivity index (χ3v) is 3.64. The van der Waals surface area contributed by atoms with Crippen LogP contribution in [0.3, 0.4) is 0 Å². The van der Waals surface area contributed by atoms with Crippen LogP contribution in [0.4, 0.5) is 0 Å². The molecule has 2 rings (SSSR count). The Morgan fingerprint density at radius 3 is 2.76 bits per heavy atom. The molecule has 0 spiro atoms. The van der Waals surface area contributed by atoms with Crippen molar-refractivity contribution in [2.24, 2.45) is 0 Å². The number of nitriles is 1. The van der Waals surface area contributed by atoms with E-state index >= 15 is 0 Å². The lowest BCUT2D eigenvalue weighted by atomic mass is 10.1. The Morgan fingerprint density at radius 2 is 2.12 bits per heavy atom. The van der Waals surface area contributed by atoms with Gasteiger partial charge in [0.2, 0.25) is 0 Å². The molecule has 0 amide bonds. The summed E-state index contributed by atoms with van der Waals surface area (Å²) < 4.78 is 0.965. The molecule has 0 atom stereocenters. The van der Waals surface area contributed by atoms with Crippen molar-refractivity contribution < 1.29 is 0 Å². The molecule has 0 saturated carbocycles. The fourth-order valence-corrected chi connectivity index (χ4v) is 2.75. The number of halogens is 1. The van der Waals surface area contributed by atoms with Crippen molar-refractivity contribution in [1.82, 2.24) is 4.98 Å². The molecular formula is C13H11BrN2S. The van der Waals surface area contributed by atoms with Gasteiger partial charge < -0.3 is 0 Å². The average molecular weight is 307 g/mol. The molecule has 1 aromatic heterocycles. The highest BCUT2D eigenvalue weighted by Gasteiger charge is 2.07. The van der Waals surface area contributed by atoms with Crippen LogP contribution in [0.2, 0.25) is 0 Å². The number of aromatic nitrogens is 1. The largest absolute Gasteiger partial charge is 0.241 e. The summed E-state index contributed by atoms with van der Waals surface area (Å²) in [6, 6.07) is 9.91. The number of nitrogens with zero attached hydrogens (tertiary/aromatic N) is 2. The highest BCUT2D eigenvalue weighted by molar-refractivity contribution is 9.10. The van der Waals surface area contributed by atoms with Crippen LogP contribution in [0.15, 0.2) is 33.8 Å². The number of fused-ring (bicyclic) bond motifs is 1. The van der Waals surface area contributed by atoms with E-state index in [0.29, 0.717) is 10.8 Å². The highest BCUT2D eigenvalue weighted by atomic mass is 79.9. The third-order valence-electron chi connectivity index (χ3n) is 2.22. The van der Waals surface area contributed by atoms with E-state index in [1.165, 1.54) is 0 Å². The van der Waals surface area contributed by atoms with Crippen molar-refractivity contribution in [3.63, 3.8) is 0 Å². The number of hydrogen-bond acceptors (Lipinski definition) is 3. The molecule has 0 aliphatic carbocycles. The maximum atomic E-state index is 9.18. The molecule has 1 heterocycles. The molecule has 0 aliphatic rings. The van der Waals surface area contributed by atoms with Gasteiger partial charge in [0.05, 0.1) is 22.2 Å². The van der Waals surface area contributed by atoms with E-state index in [-0.39, 0.29) is 0 Å². The molecule has 0 radical (unpaired) electrons. The normalized spacial score (nSPS) is 10.8. The van der Waals surface area contributed by atoms with Gasteiger partial charge in [0.25, 0.3) is 0 Å². The van der Waals surface area contributed by atoms with E-state index in [2.05, 4.69) is 40.8 Å². The van der Waals surface area contributed by atoms with Crippen LogP contribution in [0.5, 0.6) is 0 Å². The van der Waals surface area contributed by atoms with Crippen LogP contribution in [0, 0.1) is 11.3 Å². The van der Waals surface area contributed by atoms with E-state index in [4.69, 9.17) is 0 Å². The maximum absolute atomic E-state index is 9.18. The summed E-state index contributed by atoms with van der Waals surface area (Å²) in [5, 5.41) is 11.4. The van der Waals surface area contributed by atoms with E-state index in [1.54, 1.807) is 11.8 Å². The van der Waals surface area contributed by atoms with Gasteiger partial charge in [-0.15, -0.1) is 11.8 Å². The molecule has 0 unspecified atom stereocenters. The van der Waals surface area contributed by atoms with Crippen LogP contribution in [0.25, 0.3) is 10.9 Å². The van der Waals surface area contributed by atoms with E-state index in [1.807, 2.05) is 24.3 Å². The third kappa shape index (κ3) is 2.80. The van der Waals surface area contributed by atoms with Gasteiger partial charge in [0.1, 0.15) is 0 Å². The van der Waals surface area contributed by atoms with Crippen molar-refractivity contribution in [1.29, 1.82) is 5.26 Å². The Morgan fingerprint density at radius 1 is 1.35 bits per heavy atom. The predicted molar refractivity (Wildman–Crippen MR) is 75.2 cm³/mol. The summed E-state index contributed by atoms with van der Waals surface area (Å²) in [4.78, 5) is 4.56. The first-order valence-electron chi connectivity index (χ1n) is 5.27. The fraction of sp³-hybridized carbons (Fsp3) is 0.231. The summed E-state index contributed by atoms with van der Waals surface area (Å²) in [6.07, 6.45) is 0. The molecule has 0 fully saturated rings. The van der Waals surface area contributed by atoms with Gasteiger partial charge >= 0.3 is 0 Å². The predicted octanol–water partition coefficient (Wildman–Crippen LogP) is 4.37. The number of thioether (sulfide) groups is 1. The van der Waals surface area contributed by atoms with Gasteiger partial charge in [0, 0.05) is 15.1 Å². The Hall–Kier alpha value is -1.05. The smallest absolute Gasteiger partial charge is 0.0999 e. The van der Waals surface area contributed by atoms with Crippen molar-refractivity contribution in [2.45, 2.75) is 24.1 Å². The fourth-order valence-electron chi connectivity index (χ4n) is 1.57. The minimum atomic E-state index is 0.460. The van der Waals surface area contributed by atoms with Crippen LogP contribution in [0.1, 0.15) is 19.4 Å². The highest BCUT2D eigenvalue weighted by Crippen LogP contribution is 2.27. The van der Waals surface area contributed by atoms with E-state index in [9.17, 15) is 5.26 Å². The van der Waals surface area contributed by atoms with Crippen molar-refractivity contribution in [2.75, 3.05) is 0 Å². The van der Waals surface area contributed by atoms with Crippen molar-refractivity contribution in [3.05, 3.63) is 34.3 Å². The van der Waals surface area contributed by atoms with Gasteiger partial charge in [-0.2, -0.15) is 5.26 Å². The summed E-state index contributed by atoms with van der Waals surface area (Å²) >= 11 is 5.09. The second kappa shape index (κ2) is 5.07. The number of rotatable bonds is 2. The lowest BCUT2D eigenvalue weighted by Crippen LogP contribution is -1.92. The van der Waals surface area contributed by atoms with E-state index in [0.717, 1.165) is 20.4 Å². The van der Waals surface area contributed by atoms with Gasteiger partial charge in [-0.05, 0) is 24.3 Å². The summed E-state index contributed by atoms with van der Waals surface area (Å²) in [5.74, 6) is 0. The molecule has 2 nitrogen and oxygen atoms in total. The van der Waals surface area contributed by atoms with Crippen LogP contribution in [-0.2, 0) is 0 Å². The zero-order valence-corrected chi connectivity index (χ0v) is 12.0. The first-order valence-corrected chi connectivity index (χ1v) is 6.94. The first kappa shape index (κ1) is 12.4. The van der Waals surface area contributed by atoms with E-state index < -0.39 is 0 Å². The lowest BCUT2D eigenvalue weighted by molar-refractivity contribution is 1.08. The Labute approximate surface area is 113 Å². The molecule has 1 aromatic carbocycles. The van der Waals surface area contributed by atoms with Gasteiger partial charge in [-0.25, -0.2) is 4.98 Å². The zero-order chi connectivity index (χ0) is 12.4. The van der Waals surface area contributed by atoms with Crippen molar-refractivity contribution in [3.8, 4) is 6.07 Å². The Bertz CT molecular complexity index is 602. The lowest BCUT2D eigenvalue weighted by Gasteiger charge is -2.07. The molecule has 0 bridgehead atoms. The Balaban J connectivity index is 2.63. The topological polar surface area (TPSA) is 36.7 Å². The molecule has 0 N–H and O–H groups in total. The number of benzene rings is 1. The molecule has 4 heteroatoms. The van der Waals surface area contributed by atoms with Crippen LogP contribution < -0.4 is 0 Å². The van der Waals surface area contributed by atoms with Gasteiger partial charge in [-0.3, -0.25) is 0 Å². The maximum Gasteiger partial charge on any atom is 0.0999 e. The average Bonchev–Trinajstić information content (AvgIpc) is 2.27. The molecule has 0 aliphatic heterocycles. The summed E-state index contributed by atoms with van der Waals surface area (Å²) in [6.45, 7) is 4.23. The van der Waals surface area contributed by atoms with Crippen LogP contribution >= 0.6 is 27.7 Å². The standard InChI is InChI=1S/C13H11BrN2S/c1-8(2)17-13-5-9(7-15)11-6-10(14)3-4-12(11)16-13/h3-6,8H,1-2H3. The molecule has 0 saturated heterocycles. The monoisotopic (exact) mass is 306 g/mol. The molecule has 17 heavy (non-hydrogen) atoms. The minimum Gasteiger partial charge on any atom is -0.241 e. The molecule has 2 aromatic rings. The van der Waals surface area contributed by atoms with Gasteiger partial charge in [0.15, 0.2) is 0 Å². The second-order valence-electron chi connectivity index (χ2n) is 3.95. The minimum absolute atomic E-state index is 0.460.